The van der Waals surface area contributed by atoms with E-state index in [1.807, 2.05) is 35.8 Å². The molecule has 1 aromatic heterocycles. The van der Waals surface area contributed by atoms with Crippen molar-refractivity contribution in [3.8, 4) is 0 Å². The molecule has 0 saturated heterocycles. The number of hydrogen-bond acceptors (Lipinski definition) is 5. The molecule has 3 aromatic rings. The minimum atomic E-state index is -0.166. The molecule has 0 aliphatic heterocycles. The number of rotatable bonds is 8. The first kappa shape index (κ1) is 21.1. The molecule has 1 amide bonds. The molecule has 29 heavy (non-hydrogen) atoms. The summed E-state index contributed by atoms with van der Waals surface area (Å²) >= 11 is 7.27. The first-order valence-electron chi connectivity index (χ1n) is 9.16. The second-order valence-electron chi connectivity index (χ2n) is 6.42. The molecule has 8 heteroatoms. The number of carbonyl (C=O) groups is 2. The maximum Gasteiger partial charge on any atom is 0.234 e. The summed E-state index contributed by atoms with van der Waals surface area (Å²) in [6.45, 7) is 4.22. The van der Waals surface area contributed by atoms with Crippen molar-refractivity contribution in [3.63, 3.8) is 0 Å². The maximum atomic E-state index is 12.3. The van der Waals surface area contributed by atoms with Crippen LogP contribution in [0.4, 0.5) is 5.69 Å². The Labute approximate surface area is 178 Å². The lowest BCUT2D eigenvalue weighted by atomic mass is 10.1. The van der Waals surface area contributed by atoms with Crippen LogP contribution in [0.2, 0.25) is 5.02 Å². The van der Waals surface area contributed by atoms with Gasteiger partial charge < -0.3 is 9.88 Å². The van der Waals surface area contributed by atoms with Gasteiger partial charge in [0.15, 0.2) is 10.9 Å². The van der Waals surface area contributed by atoms with E-state index in [0.29, 0.717) is 34.4 Å². The summed E-state index contributed by atoms with van der Waals surface area (Å²) in [6.07, 6.45) is 0.641. The molecule has 0 unspecified atom stereocenters. The zero-order chi connectivity index (χ0) is 20.8. The van der Waals surface area contributed by atoms with Gasteiger partial charge in [0.2, 0.25) is 5.91 Å². The van der Waals surface area contributed by atoms with Gasteiger partial charge in [-0.05, 0) is 43.7 Å². The number of ketones is 1. The van der Waals surface area contributed by atoms with Crippen molar-refractivity contribution < 1.29 is 9.59 Å². The maximum absolute atomic E-state index is 12.3. The predicted octanol–water partition coefficient (Wildman–Crippen LogP) is 4.48. The third kappa shape index (κ3) is 5.68. The number of nitrogens with one attached hydrogen (secondary N) is 1. The topological polar surface area (TPSA) is 76.9 Å². The second-order valence-corrected chi connectivity index (χ2v) is 7.80. The number of halogens is 1. The van der Waals surface area contributed by atoms with Gasteiger partial charge in [0.1, 0.15) is 5.82 Å². The molecule has 0 saturated carbocycles. The number of Topliss-reactive ketones (excluding diaryl/α,β-unsaturated/α-hetero) is 1. The molecule has 0 spiro atoms. The Hall–Kier alpha value is -2.64. The van der Waals surface area contributed by atoms with Gasteiger partial charge in [0.25, 0.3) is 0 Å². The highest BCUT2D eigenvalue weighted by molar-refractivity contribution is 7.99. The lowest BCUT2D eigenvalue weighted by molar-refractivity contribution is -0.113. The van der Waals surface area contributed by atoms with Crippen LogP contribution in [0.25, 0.3) is 0 Å². The molecule has 2 aromatic carbocycles. The van der Waals surface area contributed by atoms with Gasteiger partial charge in [-0.1, -0.05) is 47.6 Å². The Balaban J connectivity index is 1.62. The highest BCUT2D eigenvalue weighted by Crippen LogP contribution is 2.20. The molecule has 0 atom stereocenters. The van der Waals surface area contributed by atoms with E-state index in [2.05, 4.69) is 15.5 Å². The Bertz CT molecular complexity index is 1020. The fourth-order valence-corrected chi connectivity index (χ4v) is 3.75. The van der Waals surface area contributed by atoms with E-state index >= 15 is 0 Å². The van der Waals surface area contributed by atoms with Gasteiger partial charge in [-0.15, -0.1) is 10.2 Å². The minimum Gasteiger partial charge on any atom is -0.325 e. The monoisotopic (exact) mass is 428 g/mol. The van der Waals surface area contributed by atoms with Gasteiger partial charge in [-0.3, -0.25) is 9.59 Å². The number of nitrogens with zero attached hydrogens (tertiary/aromatic N) is 3. The van der Waals surface area contributed by atoms with Crippen molar-refractivity contribution in [1.82, 2.24) is 14.8 Å². The lowest BCUT2D eigenvalue weighted by Crippen LogP contribution is -2.15. The number of amides is 1. The SMILES string of the molecule is CCn1c(Cc2ccc(Cl)cc2)nnc1SCC(=O)Nc1cccc(C(C)=O)c1. The fourth-order valence-electron chi connectivity index (χ4n) is 2.80. The van der Waals surface area contributed by atoms with Crippen LogP contribution in [0, 0.1) is 0 Å². The van der Waals surface area contributed by atoms with Crippen LogP contribution in [0.15, 0.2) is 53.7 Å². The summed E-state index contributed by atoms with van der Waals surface area (Å²) in [5.41, 5.74) is 2.26. The van der Waals surface area contributed by atoms with Crippen LogP contribution in [-0.2, 0) is 17.8 Å². The van der Waals surface area contributed by atoms with Crippen LogP contribution in [0.3, 0.4) is 0 Å². The first-order chi connectivity index (χ1) is 14.0. The zero-order valence-corrected chi connectivity index (χ0v) is 17.8. The lowest BCUT2D eigenvalue weighted by Gasteiger charge is -2.08. The summed E-state index contributed by atoms with van der Waals surface area (Å²) in [6, 6.07) is 14.5. The molecular formula is C21H21ClN4O2S. The van der Waals surface area contributed by atoms with Gasteiger partial charge in [-0.25, -0.2) is 0 Å². The standard InChI is InChI=1S/C21H21ClN4O2S/c1-3-26-19(11-15-7-9-17(22)10-8-15)24-25-21(26)29-13-20(28)23-18-6-4-5-16(12-18)14(2)27/h4-10,12H,3,11,13H2,1-2H3,(H,23,28). The minimum absolute atomic E-state index is 0.0419. The summed E-state index contributed by atoms with van der Waals surface area (Å²) in [4.78, 5) is 23.8. The summed E-state index contributed by atoms with van der Waals surface area (Å²) < 4.78 is 2.00. The van der Waals surface area contributed by atoms with Crippen molar-refractivity contribution in [2.45, 2.75) is 32.0 Å². The van der Waals surface area contributed by atoms with E-state index in [-0.39, 0.29) is 17.4 Å². The van der Waals surface area contributed by atoms with Gasteiger partial charge in [0.05, 0.1) is 5.75 Å². The highest BCUT2D eigenvalue weighted by Gasteiger charge is 2.14. The zero-order valence-electron chi connectivity index (χ0n) is 16.2. The van der Waals surface area contributed by atoms with Crippen molar-refractivity contribution in [2.24, 2.45) is 0 Å². The van der Waals surface area contributed by atoms with Crippen molar-refractivity contribution in [2.75, 3.05) is 11.1 Å². The van der Waals surface area contributed by atoms with E-state index < -0.39 is 0 Å². The van der Waals surface area contributed by atoms with Crippen molar-refractivity contribution >= 4 is 40.7 Å². The van der Waals surface area contributed by atoms with Gasteiger partial charge >= 0.3 is 0 Å². The molecule has 6 nitrogen and oxygen atoms in total. The Morgan fingerprint density at radius 2 is 1.90 bits per heavy atom. The summed E-state index contributed by atoms with van der Waals surface area (Å²) in [7, 11) is 0. The van der Waals surface area contributed by atoms with Gasteiger partial charge in [-0.2, -0.15) is 0 Å². The average molecular weight is 429 g/mol. The second kappa shape index (κ2) is 9.71. The average Bonchev–Trinajstić information content (AvgIpc) is 3.09. The first-order valence-corrected chi connectivity index (χ1v) is 10.5. The quantitative estimate of drug-likeness (QED) is 0.423. The molecular weight excluding hydrogens is 408 g/mol. The van der Waals surface area contributed by atoms with Crippen LogP contribution in [0.5, 0.6) is 0 Å². The normalized spacial score (nSPS) is 10.7. The van der Waals surface area contributed by atoms with E-state index in [1.165, 1.54) is 18.7 Å². The number of anilines is 1. The molecule has 0 aliphatic rings. The molecule has 0 bridgehead atoms. The molecule has 3 rings (SSSR count). The number of hydrogen-bond donors (Lipinski definition) is 1. The van der Waals surface area contributed by atoms with E-state index in [9.17, 15) is 9.59 Å². The van der Waals surface area contributed by atoms with Gasteiger partial charge in [0, 0.05) is 29.2 Å². The predicted molar refractivity (Wildman–Crippen MR) is 116 cm³/mol. The molecule has 0 fully saturated rings. The molecule has 1 N–H and O–H groups in total. The van der Waals surface area contributed by atoms with Crippen LogP contribution < -0.4 is 5.32 Å². The van der Waals surface area contributed by atoms with E-state index in [1.54, 1.807) is 24.3 Å². The van der Waals surface area contributed by atoms with E-state index in [0.717, 1.165) is 11.4 Å². The fraction of sp³-hybridized carbons (Fsp3) is 0.238. The Morgan fingerprint density at radius 3 is 2.59 bits per heavy atom. The van der Waals surface area contributed by atoms with Crippen molar-refractivity contribution in [3.05, 3.63) is 70.5 Å². The smallest absolute Gasteiger partial charge is 0.234 e. The molecule has 1 heterocycles. The Kier molecular flexibility index (Phi) is 7.06. The number of thioether (sulfide) groups is 1. The van der Waals surface area contributed by atoms with E-state index in [4.69, 9.17) is 11.6 Å². The third-order valence-corrected chi connectivity index (χ3v) is 5.49. The van der Waals surface area contributed by atoms with Crippen LogP contribution in [-0.4, -0.2) is 32.2 Å². The Morgan fingerprint density at radius 1 is 1.14 bits per heavy atom. The molecule has 0 radical (unpaired) electrons. The molecule has 150 valence electrons. The number of benzene rings is 2. The highest BCUT2D eigenvalue weighted by atomic mass is 35.5. The van der Waals surface area contributed by atoms with Crippen molar-refractivity contribution in [1.29, 1.82) is 0 Å². The van der Waals surface area contributed by atoms with Crippen LogP contribution >= 0.6 is 23.4 Å². The third-order valence-electron chi connectivity index (χ3n) is 4.27. The molecule has 0 aliphatic carbocycles. The number of carbonyl (C=O) groups excluding carboxylic acids is 2. The summed E-state index contributed by atoms with van der Waals surface area (Å²) in [5.74, 6) is 0.829. The van der Waals surface area contributed by atoms with Crippen LogP contribution in [0.1, 0.15) is 35.6 Å². The largest absolute Gasteiger partial charge is 0.325 e. The summed E-state index contributed by atoms with van der Waals surface area (Å²) in [5, 5.41) is 12.7. The number of aromatic nitrogens is 3.